The quantitative estimate of drug-likeness (QED) is 0.555. The van der Waals surface area contributed by atoms with Crippen molar-refractivity contribution in [3.8, 4) is 11.5 Å². The zero-order chi connectivity index (χ0) is 17.5. The van der Waals surface area contributed by atoms with E-state index < -0.39 is 0 Å². The Bertz CT molecular complexity index is 904. The van der Waals surface area contributed by atoms with Crippen molar-refractivity contribution in [2.75, 3.05) is 13.7 Å². The summed E-state index contributed by atoms with van der Waals surface area (Å²) in [4.78, 5) is 16.1. The number of aromatic nitrogens is 1. The van der Waals surface area contributed by atoms with E-state index >= 15 is 0 Å². The molecule has 6 nitrogen and oxygen atoms in total. The van der Waals surface area contributed by atoms with Crippen molar-refractivity contribution in [3.05, 3.63) is 66.4 Å². The molecule has 3 rings (SSSR count). The average Bonchev–Trinajstić information content (AvgIpc) is 2.66. The standard InChI is InChI=1S/C19H17N3O3/c1-24-16-8-2-5-14(11-16)12-21-22-18(23)13-25-17-9-3-6-15-7-4-10-20-19(15)17/h2-12H,13H2,1H3,(H,22,23)/b21-12-. The molecule has 0 aliphatic rings. The van der Waals surface area contributed by atoms with E-state index in [1.54, 1.807) is 25.6 Å². The molecule has 25 heavy (non-hydrogen) atoms. The highest BCUT2D eigenvalue weighted by Gasteiger charge is 2.05. The number of nitrogens with one attached hydrogen (secondary N) is 1. The van der Waals surface area contributed by atoms with Gasteiger partial charge in [0.25, 0.3) is 5.91 Å². The number of carbonyl (C=O) groups is 1. The number of hydrogen-bond donors (Lipinski definition) is 1. The molecule has 1 amide bonds. The third-order valence-corrected chi connectivity index (χ3v) is 3.45. The summed E-state index contributed by atoms with van der Waals surface area (Å²) in [6, 6.07) is 16.7. The molecule has 126 valence electrons. The Kier molecular flexibility index (Phi) is 5.21. The number of para-hydroxylation sites is 1. The largest absolute Gasteiger partial charge is 0.497 e. The smallest absolute Gasteiger partial charge is 0.277 e. The Morgan fingerprint density at radius 2 is 2.04 bits per heavy atom. The molecule has 0 unspecified atom stereocenters. The van der Waals surface area contributed by atoms with Crippen LogP contribution in [0.3, 0.4) is 0 Å². The summed E-state index contributed by atoms with van der Waals surface area (Å²) in [5.41, 5.74) is 3.97. The van der Waals surface area contributed by atoms with E-state index in [0.717, 1.165) is 22.2 Å². The highest BCUT2D eigenvalue weighted by Crippen LogP contribution is 2.22. The SMILES string of the molecule is COc1cccc(/C=N\NC(=O)COc2cccc3cccnc23)c1. The fraction of sp³-hybridized carbons (Fsp3) is 0.105. The van der Waals surface area contributed by atoms with Crippen LogP contribution >= 0.6 is 0 Å². The van der Waals surface area contributed by atoms with Gasteiger partial charge < -0.3 is 9.47 Å². The van der Waals surface area contributed by atoms with Crippen LogP contribution in [0.25, 0.3) is 10.9 Å². The van der Waals surface area contributed by atoms with E-state index in [1.807, 2.05) is 48.5 Å². The number of hydrazone groups is 1. The molecular weight excluding hydrogens is 318 g/mol. The topological polar surface area (TPSA) is 72.8 Å². The van der Waals surface area contributed by atoms with Crippen molar-refractivity contribution in [2.45, 2.75) is 0 Å². The lowest BCUT2D eigenvalue weighted by atomic mass is 10.2. The zero-order valence-electron chi connectivity index (χ0n) is 13.7. The summed E-state index contributed by atoms with van der Waals surface area (Å²) in [5.74, 6) is 0.930. The highest BCUT2D eigenvalue weighted by atomic mass is 16.5. The summed E-state index contributed by atoms with van der Waals surface area (Å²) in [6.07, 6.45) is 3.23. The second kappa shape index (κ2) is 7.92. The number of benzene rings is 2. The minimum Gasteiger partial charge on any atom is -0.497 e. The van der Waals surface area contributed by atoms with Crippen LogP contribution < -0.4 is 14.9 Å². The summed E-state index contributed by atoms with van der Waals surface area (Å²) in [5, 5.41) is 4.87. The van der Waals surface area contributed by atoms with Crippen molar-refractivity contribution < 1.29 is 14.3 Å². The second-order valence-corrected chi connectivity index (χ2v) is 5.19. The van der Waals surface area contributed by atoms with Crippen LogP contribution in [0.2, 0.25) is 0 Å². The number of methoxy groups -OCH3 is 1. The molecule has 1 aromatic heterocycles. The molecule has 2 aromatic carbocycles. The Morgan fingerprint density at radius 1 is 1.20 bits per heavy atom. The van der Waals surface area contributed by atoms with Gasteiger partial charge in [0.05, 0.1) is 13.3 Å². The van der Waals surface area contributed by atoms with Gasteiger partial charge in [0, 0.05) is 11.6 Å². The second-order valence-electron chi connectivity index (χ2n) is 5.19. The van der Waals surface area contributed by atoms with Crippen LogP contribution in [0.5, 0.6) is 11.5 Å². The number of amides is 1. The Labute approximate surface area is 145 Å². The van der Waals surface area contributed by atoms with Crippen molar-refractivity contribution in [3.63, 3.8) is 0 Å². The number of hydrogen-bond acceptors (Lipinski definition) is 5. The van der Waals surface area contributed by atoms with E-state index in [4.69, 9.17) is 9.47 Å². The van der Waals surface area contributed by atoms with Crippen molar-refractivity contribution in [1.29, 1.82) is 0 Å². The predicted octanol–water partition coefficient (Wildman–Crippen LogP) is 2.77. The lowest BCUT2D eigenvalue weighted by Crippen LogP contribution is -2.24. The Morgan fingerprint density at radius 3 is 2.92 bits per heavy atom. The van der Waals surface area contributed by atoms with E-state index in [1.165, 1.54) is 0 Å². The molecule has 0 fully saturated rings. The van der Waals surface area contributed by atoms with E-state index in [0.29, 0.717) is 5.75 Å². The minimum atomic E-state index is -0.355. The van der Waals surface area contributed by atoms with Gasteiger partial charge >= 0.3 is 0 Å². The molecule has 3 aromatic rings. The fourth-order valence-corrected chi connectivity index (χ4v) is 2.27. The lowest BCUT2D eigenvalue weighted by molar-refractivity contribution is -0.123. The summed E-state index contributed by atoms with van der Waals surface area (Å²) < 4.78 is 10.7. The molecule has 0 bridgehead atoms. The maximum Gasteiger partial charge on any atom is 0.277 e. The maximum absolute atomic E-state index is 11.9. The molecular formula is C19H17N3O3. The summed E-state index contributed by atoms with van der Waals surface area (Å²) >= 11 is 0. The highest BCUT2D eigenvalue weighted by molar-refractivity contribution is 5.85. The van der Waals surface area contributed by atoms with Gasteiger partial charge in [-0.2, -0.15) is 5.10 Å². The first-order valence-corrected chi connectivity index (χ1v) is 7.69. The zero-order valence-corrected chi connectivity index (χ0v) is 13.7. The maximum atomic E-state index is 11.9. The molecule has 0 saturated carbocycles. The monoisotopic (exact) mass is 335 g/mol. The number of nitrogens with zero attached hydrogens (tertiary/aromatic N) is 2. The van der Waals surface area contributed by atoms with Gasteiger partial charge in [-0.05, 0) is 29.8 Å². The van der Waals surface area contributed by atoms with Gasteiger partial charge in [0.2, 0.25) is 0 Å². The Balaban J connectivity index is 1.56. The Hall–Kier alpha value is -3.41. The van der Waals surface area contributed by atoms with Crippen LogP contribution in [-0.4, -0.2) is 30.8 Å². The fourth-order valence-electron chi connectivity index (χ4n) is 2.27. The molecule has 1 N–H and O–H groups in total. The molecule has 0 aliphatic heterocycles. The van der Waals surface area contributed by atoms with Crippen LogP contribution in [0.15, 0.2) is 65.9 Å². The van der Waals surface area contributed by atoms with Gasteiger partial charge in [0.15, 0.2) is 6.61 Å². The minimum absolute atomic E-state index is 0.148. The third kappa shape index (κ3) is 4.32. The summed E-state index contributed by atoms with van der Waals surface area (Å²) in [7, 11) is 1.59. The van der Waals surface area contributed by atoms with Crippen LogP contribution in [-0.2, 0) is 4.79 Å². The van der Waals surface area contributed by atoms with Gasteiger partial charge in [-0.15, -0.1) is 0 Å². The molecule has 0 radical (unpaired) electrons. The molecule has 0 aliphatic carbocycles. The molecule has 0 atom stereocenters. The normalized spacial score (nSPS) is 10.8. The first-order valence-electron chi connectivity index (χ1n) is 7.69. The lowest BCUT2D eigenvalue weighted by Gasteiger charge is -2.07. The van der Waals surface area contributed by atoms with Gasteiger partial charge in [0.1, 0.15) is 17.0 Å². The van der Waals surface area contributed by atoms with Gasteiger partial charge in [-0.3, -0.25) is 9.78 Å². The molecule has 0 spiro atoms. The predicted molar refractivity (Wildman–Crippen MR) is 96.0 cm³/mol. The number of pyridine rings is 1. The van der Waals surface area contributed by atoms with Gasteiger partial charge in [-0.1, -0.05) is 30.3 Å². The number of ether oxygens (including phenoxy) is 2. The van der Waals surface area contributed by atoms with Gasteiger partial charge in [-0.25, -0.2) is 5.43 Å². The number of rotatable bonds is 6. The van der Waals surface area contributed by atoms with Crippen molar-refractivity contribution in [1.82, 2.24) is 10.4 Å². The van der Waals surface area contributed by atoms with E-state index in [-0.39, 0.29) is 12.5 Å². The van der Waals surface area contributed by atoms with Crippen LogP contribution in [0.4, 0.5) is 0 Å². The van der Waals surface area contributed by atoms with Crippen LogP contribution in [0, 0.1) is 0 Å². The number of fused-ring (bicyclic) bond motifs is 1. The number of carbonyl (C=O) groups excluding carboxylic acids is 1. The molecule has 6 heteroatoms. The molecule has 1 heterocycles. The summed E-state index contributed by atoms with van der Waals surface area (Å²) in [6.45, 7) is -0.148. The third-order valence-electron chi connectivity index (χ3n) is 3.45. The van der Waals surface area contributed by atoms with Crippen LogP contribution in [0.1, 0.15) is 5.56 Å². The van der Waals surface area contributed by atoms with Crippen molar-refractivity contribution in [2.24, 2.45) is 5.10 Å². The van der Waals surface area contributed by atoms with Crippen molar-refractivity contribution >= 4 is 23.0 Å². The van der Waals surface area contributed by atoms with E-state index in [2.05, 4.69) is 15.5 Å². The average molecular weight is 335 g/mol. The first kappa shape index (κ1) is 16.4. The molecule has 0 saturated heterocycles. The van der Waals surface area contributed by atoms with E-state index in [9.17, 15) is 4.79 Å². The first-order chi connectivity index (χ1) is 12.3.